The van der Waals surface area contributed by atoms with Gasteiger partial charge in [-0.2, -0.15) is 0 Å². The molecule has 0 saturated carbocycles. The van der Waals surface area contributed by atoms with Gasteiger partial charge in [0.15, 0.2) is 4.67 Å². The lowest BCUT2D eigenvalue weighted by atomic mass is 9.98. The van der Waals surface area contributed by atoms with Crippen LogP contribution in [-0.4, -0.2) is 6.54 Å². The van der Waals surface area contributed by atoms with Crippen molar-refractivity contribution in [1.29, 1.82) is 0 Å². The molecular formula is C12H20BrNO. The molecule has 2 atom stereocenters. The first-order valence-corrected chi connectivity index (χ1v) is 6.28. The number of hydrogen-bond acceptors (Lipinski definition) is 2. The molecule has 0 aliphatic heterocycles. The van der Waals surface area contributed by atoms with Crippen molar-refractivity contribution in [2.24, 2.45) is 11.8 Å². The lowest BCUT2D eigenvalue weighted by Gasteiger charge is -2.19. The second-order valence-corrected chi connectivity index (χ2v) is 5.27. The van der Waals surface area contributed by atoms with Crippen LogP contribution in [-0.2, 0) is 0 Å². The van der Waals surface area contributed by atoms with Crippen LogP contribution >= 0.6 is 15.9 Å². The van der Waals surface area contributed by atoms with Crippen molar-refractivity contribution in [1.82, 2.24) is 5.32 Å². The molecule has 1 rings (SSSR count). The van der Waals surface area contributed by atoms with E-state index in [0.29, 0.717) is 11.8 Å². The van der Waals surface area contributed by atoms with Crippen molar-refractivity contribution in [3.8, 4) is 0 Å². The third-order valence-corrected chi connectivity index (χ3v) is 3.33. The van der Waals surface area contributed by atoms with Gasteiger partial charge in [-0.25, -0.2) is 0 Å². The molecule has 0 bridgehead atoms. The first-order chi connectivity index (χ1) is 7.00. The molecule has 1 heterocycles. The van der Waals surface area contributed by atoms with E-state index in [-0.39, 0.29) is 6.04 Å². The van der Waals surface area contributed by atoms with Gasteiger partial charge < -0.3 is 9.73 Å². The summed E-state index contributed by atoms with van der Waals surface area (Å²) in [6, 6.07) is 4.21. The molecule has 3 heteroatoms. The zero-order valence-electron chi connectivity index (χ0n) is 9.88. The molecule has 2 nitrogen and oxygen atoms in total. The van der Waals surface area contributed by atoms with Gasteiger partial charge in [-0.05, 0) is 53.4 Å². The Labute approximate surface area is 101 Å². The molecule has 86 valence electrons. The van der Waals surface area contributed by atoms with E-state index >= 15 is 0 Å². The largest absolute Gasteiger partial charge is 0.453 e. The molecule has 1 aromatic heterocycles. The monoisotopic (exact) mass is 273 g/mol. The number of hydrogen-bond donors (Lipinski definition) is 1. The van der Waals surface area contributed by atoms with Crippen molar-refractivity contribution < 1.29 is 4.42 Å². The molecule has 0 amide bonds. The van der Waals surface area contributed by atoms with Gasteiger partial charge in [0.05, 0.1) is 6.04 Å². The Hall–Kier alpha value is -0.280. The lowest BCUT2D eigenvalue weighted by Crippen LogP contribution is -2.26. The summed E-state index contributed by atoms with van der Waals surface area (Å²) in [7, 11) is 0. The van der Waals surface area contributed by atoms with Crippen LogP contribution in [0.1, 0.15) is 39.5 Å². The molecule has 0 aliphatic carbocycles. The van der Waals surface area contributed by atoms with E-state index in [0.717, 1.165) is 17.0 Å². The highest BCUT2D eigenvalue weighted by Crippen LogP contribution is 2.20. The van der Waals surface area contributed by atoms with E-state index < -0.39 is 0 Å². The fraction of sp³-hybridized carbons (Fsp3) is 0.667. The van der Waals surface area contributed by atoms with Crippen LogP contribution in [0, 0.1) is 11.8 Å². The average Bonchev–Trinajstić information content (AvgIpc) is 2.60. The number of halogens is 1. The van der Waals surface area contributed by atoms with Crippen molar-refractivity contribution in [3.63, 3.8) is 0 Å². The smallest absolute Gasteiger partial charge is 0.169 e. The quantitative estimate of drug-likeness (QED) is 0.878. The van der Waals surface area contributed by atoms with Crippen molar-refractivity contribution >= 4 is 15.9 Å². The maximum atomic E-state index is 5.49. The first-order valence-electron chi connectivity index (χ1n) is 5.49. The van der Waals surface area contributed by atoms with Gasteiger partial charge >= 0.3 is 0 Å². The van der Waals surface area contributed by atoms with Gasteiger partial charge in [0.25, 0.3) is 0 Å². The van der Waals surface area contributed by atoms with Gasteiger partial charge in [-0.3, -0.25) is 0 Å². The van der Waals surface area contributed by atoms with Gasteiger partial charge in [0.2, 0.25) is 0 Å². The minimum absolute atomic E-state index is 0.275. The van der Waals surface area contributed by atoms with Gasteiger partial charge in [0.1, 0.15) is 5.76 Å². The standard InChI is InChI=1S/C12H20BrNO/c1-8(2)9(3)7-14-10(4)11-5-6-12(13)15-11/h5-6,8-10,14H,7H2,1-4H3. The molecular weight excluding hydrogens is 254 g/mol. The van der Waals surface area contributed by atoms with Gasteiger partial charge in [-0.15, -0.1) is 0 Å². The highest BCUT2D eigenvalue weighted by atomic mass is 79.9. The Morgan fingerprint density at radius 3 is 2.40 bits per heavy atom. The summed E-state index contributed by atoms with van der Waals surface area (Å²) in [4.78, 5) is 0. The molecule has 0 spiro atoms. The summed E-state index contributed by atoms with van der Waals surface area (Å²) in [6.07, 6.45) is 0. The molecule has 0 aliphatic rings. The zero-order valence-corrected chi connectivity index (χ0v) is 11.5. The Morgan fingerprint density at radius 2 is 1.93 bits per heavy atom. The van der Waals surface area contributed by atoms with E-state index in [2.05, 4.69) is 48.9 Å². The molecule has 0 aromatic carbocycles. The highest BCUT2D eigenvalue weighted by Gasteiger charge is 2.12. The van der Waals surface area contributed by atoms with Crippen LogP contribution in [0.5, 0.6) is 0 Å². The molecule has 1 N–H and O–H groups in total. The highest BCUT2D eigenvalue weighted by molar-refractivity contribution is 9.10. The first kappa shape index (κ1) is 12.8. The third-order valence-electron chi connectivity index (χ3n) is 2.90. The van der Waals surface area contributed by atoms with Crippen molar-refractivity contribution in [2.75, 3.05) is 6.54 Å². The topological polar surface area (TPSA) is 25.2 Å². The van der Waals surface area contributed by atoms with E-state index in [4.69, 9.17) is 4.42 Å². The van der Waals surface area contributed by atoms with Crippen molar-refractivity contribution in [2.45, 2.75) is 33.7 Å². The van der Waals surface area contributed by atoms with Crippen molar-refractivity contribution in [3.05, 3.63) is 22.6 Å². The fourth-order valence-electron chi connectivity index (χ4n) is 1.26. The zero-order chi connectivity index (χ0) is 11.4. The summed E-state index contributed by atoms with van der Waals surface area (Å²) >= 11 is 3.31. The van der Waals surface area contributed by atoms with Crippen LogP contribution < -0.4 is 5.32 Å². The summed E-state index contributed by atoms with van der Waals surface area (Å²) in [5.74, 6) is 2.39. The third kappa shape index (κ3) is 3.99. The Balaban J connectivity index is 2.39. The Kier molecular flexibility index (Phi) is 4.87. The maximum absolute atomic E-state index is 5.49. The fourth-order valence-corrected chi connectivity index (χ4v) is 1.58. The molecule has 2 unspecified atom stereocenters. The van der Waals surface area contributed by atoms with Crippen LogP contribution in [0.2, 0.25) is 0 Å². The van der Waals surface area contributed by atoms with Gasteiger partial charge in [-0.1, -0.05) is 20.8 Å². The molecule has 0 saturated heterocycles. The second-order valence-electron chi connectivity index (χ2n) is 4.49. The summed E-state index contributed by atoms with van der Waals surface area (Å²) in [5, 5.41) is 3.48. The lowest BCUT2D eigenvalue weighted by molar-refractivity contribution is 0.351. The molecule has 1 aromatic rings. The summed E-state index contributed by atoms with van der Waals surface area (Å²) in [5.41, 5.74) is 0. The maximum Gasteiger partial charge on any atom is 0.169 e. The number of furan rings is 1. The predicted octanol–water partition coefficient (Wildman–Crippen LogP) is 3.98. The minimum Gasteiger partial charge on any atom is -0.453 e. The second kappa shape index (κ2) is 5.71. The van der Waals surface area contributed by atoms with E-state index in [1.807, 2.05) is 12.1 Å². The summed E-state index contributed by atoms with van der Waals surface area (Å²) in [6.45, 7) is 9.92. The van der Waals surface area contributed by atoms with Gasteiger partial charge in [0, 0.05) is 0 Å². The van der Waals surface area contributed by atoms with E-state index in [1.54, 1.807) is 0 Å². The SMILES string of the molecule is CC(NCC(C)C(C)C)c1ccc(Br)o1. The normalized spacial score (nSPS) is 15.6. The van der Waals surface area contributed by atoms with E-state index in [1.165, 1.54) is 0 Å². The average molecular weight is 274 g/mol. The minimum atomic E-state index is 0.275. The molecule has 0 radical (unpaired) electrons. The van der Waals surface area contributed by atoms with Crippen LogP contribution in [0.25, 0.3) is 0 Å². The molecule has 0 fully saturated rings. The van der Waals surface area contributed by atoms with E-state index in [9.17, 15) is 0 Å². The van der Waals surface area contributed by atoms with Crippen LogP contribution in [0.15, 0.2) is 21.2 Å². The Bertz CT molecular complexity index is 296. The number of rotatable bonds is 5. The summed E-state index contributed by atoms with van der Waals surface area (Å²) < 4.78 is 6.29. The van der Waals surface area contributed by atoms with Crippen LogP contribution in [0.3, 0.4) is 0 Å². The Morgan fingerprint density at radius 1 is 1.27 bits per heavy atom. The predicted molar refractivity (Wildman–Crippen MR) is 66.8 cm³/mol. The number of nitrogens with one attached hydrogen (secondary N) is 1. The van der Waals surface area contributed by atoms with Crippen LogP contribution in [0.4, 0.5) is 0 Å². The molecule has 15 heavy (non-hydrogen) atoms.